The maximum Gasteiger partial charge on any atom is 0.0825 e. The molecular formula is C14H23N3O. The Bertz CT molecular complexity index is 422. The van der Waals surface area contributed by atoms with E-state index < -0.39 is 0 Å². The number of aromatic nitrogens is 1. The van der Waals surface area contributed by atoms with Gasteiger partial charge in [-0.2, -0.15) is 0 Å². The highest BCUT2D eigenvalue weighted by molar-refractivity contribution is 5.54. The molecule has 18 heavy (non-hydrogen) atoms. The van der Waals surface area contributed by atoms with Crippen LogP contribution in [0.1, 0.15) is 31.0 Å². The Hall–Kier alpha value is -1.13. The topological polar surface area (TPSA) is 51.4 Å². The van der Waals surface area contributed by atoms with Gasteiger partial charge in [0.2, 0.25) is 0 Å². The number of nitrogens with zero attached hydrogens (tertiary/aromatic N) is 2. The highest BCUT2D eigenvalue weighted by Gasteiger charge is 2.31. The van der Waals surface area contributed by atoms with Crippen LogP contribution < -0.4 is 10.6 Å². The zero-order valence-electron chi connectivity index (χ0n) is 11.6. The molecule has 1 fully saturated rings. The molecule has 1 aromatic rings. The Morgan fingerprint density at radius 2 is 2.33 bits per heavy atom. The molecule has 100 valence electrons. The van der Waals surface area contributed by atoms with Crippen LogP contribution in [0.4, 0.5) is 5.69 Å². The van der Waals surface area contributed by atoms with Crippen LogP contribution in [0.5, 0.6) is 0 Å². The van der Waals surface area contributed by atoms with E-state index in [1.807, 2.05) is 13.1 Å². The van der Waals surface area contributed by atoms with Crippen LogP contribution in [-0.2, 0) is 11.3 Å². The van der Waals surface area contributed by atoms with E-state index in [1.54, 1.807) is 7.11 Å². The Morgan fingerprint density at radius 1 is 1.56 bits per heavy atom. The summed E-state index contributed by atoms with van der Waals surface area (Å²) in [6, 6.07) is 2.13. The van der Waals surface area contributed by atoms with Gasteiger partial charge in [0.05, 0.1) is 5.60 Å². The predicted molar refractivity (Wildman–Crippen MR) is 73.7 cm³/mol. The first-order valence-electron chi connectivity index (χ1n) is 6.54. The third-order valence-corrected chi connectivity index (χ3v) is 3.81. The fourth-order valence-electron chi connectivity index (χ4n) is 2.60. The van der Waals surface area contributed by atoms with Crippen molar-refractivity contribution in [2.24, 2.45) is 5.73 Å². The lowest BCUT2D eigenvalue weighted by Crippen LogP contribution is -2.47. The fourth-order valence-corrected chi connectivity index (χ4v) is 2.60. The number of methoxy groups -OCH3 is 1. The largest absolute Gasteiger partial charge is 0.377 e. The summed E-state index contributed by atoms with van der Waals surface area (Å²) in [4.78, 5) is 6.70. The molecule has 0 saturated carbocycles. The van der Waals surface area contributed by atoms with E-state index in [-0.39, 0.29) is 5.60 Å². The summed E-state index contributed by atoms with van der Waals surface area (Å²) in [5.41, 5.74) is 9.12. The minimum atomic E-state index is -0.0543. The first-order chi connectivity index (χ1) is 8.58. The van der Waals surface area contributed by atoms with Crippen LogP contribution in [0.25, 0.3) is 0 Å². The van der Waals surface area contributed by atoms with Gasteiger partial charge >= 0.3 is 0 Å². The Balaban J connectivity index is 2.28. The number of rotatable bonds is 3. The van der Waals surface area contributed by atoms with Crippen molar-refractivity contribution in [2.75, 3.05) is 25.1 Å². The summed E-state index contributed by atoms with van der Waals surface area (Å²) in [7, 11) is 1.80. The zero-order valence-corrected chi connectivity index (χ0v) is 11.6. The molecular weight excluding hydrogens is 226 g/mol. The van der Waals surface area contributed by atoms with Crippen LogP contribution in [0.3, 0.4) is 0 Å². The normalized spacial score (nSPS) is 24.3. The lowest BCUT2D eigenvalue weighted by Gasteiger charge is -2.41. The van der Waals surface area contributed by atoms with Crippen LogP contribution in [0.15, 0.2) is 12.3 Å². The average Bonchev–Trinajstić information content (AvgIpc) is 2.39. The Kier molecular flexibility index (Phi) is 3.88. The molecule has 1 aliphatic heterocycles. The summed E-state index contributed by atoms with van der Waals surface area (Å²) in [5, 5.41) is 0. The van der Waals surface area contributed by atoms with E-state index >= 15 is 0 Å². The number of anilines is 1. The summed E-state index contributed by atoms with van der Waals surface area (Å²) < 4.78 is 5.65. The van der Waals surface area contributed by atoms with Crippen molar-refractivity contribution in [3.05, 3.63) is 23.5 Å². The minimum absolute atomic E-state index is 0.0543. The van der Waals surface area contributed by atoms with Crippen molar-refractivity contribution in [1.29, 1.82) is 0 Å². The van der Waals surface area contributed by atoms with Crippen molar-refractivity contribution in [1.82, 2.24) is 4.98 Å². The molecule has 1 aliphatic rings. The molecule has 2 N–H and O–H groups in total. The van der Waals surface area contributed by atoms with Crippen molar-refractivity contribution in [2.45, 2.75) is 38.8 Å². The predicted octanol–water partition coefficient (Wildman–Crippen LogP) is 1.85. The minimum Gasteiger partial charge on any atom is -0.377 e. The van der Waals surface area contributed by atoms with Crippen molar-refractivity contribution in [3.63, 3.8) is 0 Å². The van der Waals surface area contributed by atoms with E-state index in [0.717, 1.165) is 37.2 Å². The molecule has 1 saturated heterocycles. The molecule has 0 radical (unpaired) electrons. The van der Waals surface area contributed by atoms with Gasteiger partial charge in [0.15, 0.2) is 0 Å². The number of hydrogen-bond donors (Lipinski definition) is 1. The second-order valence-electron chi connectivity index (χ2n) is 5.34. The Morgan fingerprint density at radius 3 is 3.00 bits per heavy atom. The summed E-state index contributed by atoms with van der Waals surface area (Å²) >= 11 is 0. The second kappa shape index (κ2) is 5.24. The van der Waals surface area contributed by atoms with Crippen molar-refractivity contribution in [3.8, 4) is 0 Å². The van der Waals surface area contributed by atoms with Crippen LogP contribution >= 0.6 is 0 Å². The zero-order chi connectivity index (χ0) is 13.2. The van der Waals surface area contributed by atoms with Gasteiger partial charge in [-0.05, 0) is 32.8 Å². The molecule has 0 spiro atoms. The SMILES string of the molecule is COC1(C)CCCN(c2cc(C)ncc2CN)C1. The van der Waals surface area contributed by atoms with E-state index in [4.69, 9.17) is 10.5 Å². The number of ether oxygens (including phenoxy) is 1. The van der Waals surface area contributed by atoms with E-state index in [2.05, 4.69) is 22.9 Å². The molecule has 2 rings (SSSR count). The third kappa shape index (κ3) is 2.65. The van der Waals surface area contributed by atoms with Gasteiger partial charge in [0, 0.05) is 49.9 Å². The van der Waals surface area contributed by atoms with Crippen molar-refractivity contribution < 1.29 is 4.74 Å². The number of nitrogens with two attached hydrogens (primary N) is 1. The molecule has 1 aromatic heterocycles. The summed E-state index contributed by atoms with van der Waals surface area (Å²) in [6.45, 7) is 6.71. The van der Waals surface area contributed by atoms with Gasteiger partial charge in [-0.15, -0.1) is 0 Å². The molecule has 2 heterocycles. The van der Waals surface area contributed by atoms with Gasteiger partial charge in [-0.3, -0.25) is 4.98 Å². The number of pyridine rings is 1. The van der Waals surface area contributed by atoms with E-state index in [0.29, 0.717) is 6.54 Å². The monoisotopic (exact) mass is 249 g/mol. The number of piperidine rings is 1. The quantitative estimate of drug-likeness (QED) is 0.888. The Labute approximate surface area is 109 Å². The average molecular weight is 249 g/mol. The van der Waals surface area contributed by atoms with Crippen LogP contribution in [0, 0.1) is 6.92 Å². The van der Waals surface area contributed by atoms with E-state index in [1.165, 1.54) is 5.69 Å². The lowest BCUT2D eigenvalue weighted by atomic mass is 9.94. The molecule has 0 amide bonds. The first kappa shape index (κ1) is 13.3. The second-order valence-corrected chi connectivity index (χ2v) is 5.34. The summed E-state index contributed by atoms with van der Waals surface area (Å²) in [5.74, 6) is 0. The van der Waals surface area contributed by atoms with Gasteiger partial charge in [0.1, 0.15) is 0 Å². The smallest absolute Gasteiger partial charge is 0.0825 e. The summed E-state index contributed by atoms with van der Waals surface area (Å²) in [6.07, 6.45) is 4.15. The highest BCUT2D eigenvalue weighted by Crippen LogP contribution is 2.30. The van der Waals surface area contributed by atoms with Crippen molar-refractivity contribution >= 4 is 5.69 Å². The van der Waals surface area contributed by atoms with Crippen LogP contribution in [-0.4, -0.2) is 30.8 Å². The van der Waals surface area contributed by atoms with E-state index in [9.17, 15) is 0 Å². The third-order valence-electron chi connectivity index (χ3n) is 3.81. The molecule has 1 unspecified atom stereocenters. The van der Waals surface area contributed by atoms with Gasteiger partial charge < -0.3 is 15.4 Å². The highest BCUT2D eigenvalue weighted by atomic mass is 16.5. The standard InChI is InChI=1S/C14H23N3O/c1-11-7-13(12(8-15)9-16-11)17-6-4-5-14(2,10-17)18-3/h7,9H,4-6,8,10,15H2,1-3H3. The van der Waals surface area contributed by atoms with Gasteiger partial charge in [-0.1, -0.05) is 0 Å². The number of aryl methyl sites for hydroxylation is 1. The maximum absolute atomic E-state index is 5.81. The molecule has 1 atom stereocenters. The van der Waals surface area contributed by atoms with Crippen LogP contribution in [0.2, 0.25) is 0 Å². The number of hydrogen-bond acceptors (Lipinski definition) is 4. The molecule has 0 aromatic carbocycles. The lowest BCUT2D eigenvalue weighted by molar-refractivity contribution is -0.00468. The molecule has 0 aliphatic carbocycles. The van der Waals surface area contributed by atoms with Gasteiger partial charge in [0.25, 0.3) is 0 Å². The van der Waals surface area contributed by atoms with Gasteiger partial charge in [-0.25, -0.2) is 0 Å². The molecule has 4 nitrogen and oxygen atoms in total. The molecule has 4 heteroatoms. The molecule has 0 bridgehead atoms. The maximum atomic E-state index is 5.81. The fraction of sp³-hybridized carbons (Fsp3) is 0.643. The first-order valence-corrected chi connectivity index (χ1v) is 6.54.